The van der Waals surface area contributed by atoms with Crippen molar-refractivity contribution in [1.82, 2.24) is 19.9 Å². The monoisotopic (exact) mass is 377 g/mol. The summed E-state index contributed by atoms with van der Waals surface area (Å²) in [6.07, 6.45) is 11.8. The van der Waals surface area contributed by atoms with Gasteiger partial charge in [-0.05, 0) is 41.3 Å². The first-order chi connectivity index (χ1) is 13.1. The Morgan fingerprint density at radius 3 is 2.78 bits per heavy atom. The molecule has 0 aromatic carbocycles. The third-order valence-electron chi connectivity index (χ3n) is 4.56. The summed E-state index contributed by atoms with van der Waals surface area (Å²) >= 11 is 5.91. The first-order valence-electron chi connectivity index (χ1n) is 8.59. The van der Waals surface area contributed by atoms with Gasteiger partial charge in [0, 0.05) is 48.6 Å². The molecule has 4 aromatic rings. The molecule has 0 fully saturated rings. The highest BCUT2D eigenvalue weighted by Crippen LogP contribution is 2.28. The molecule has 0 atom stereocenters. The van der Waals surface area contributed by atoms with Gasteiger partial charge in [0.15, 0.2) is 5.75 Å². The molecule has 0 spiro atoms. The van der Waals surface area contributed by atoms with Crippen LogP contribution in [-0.2, 0) is 12.8 Å². The van der Waals surface area contributed by atoms with Gasteiger partial charge in [-0.1, -0.05) is 17.7 Å². The van der Waals surface area contributed by atoms with Crippen molar-refractivity contribution < 1.29 is 4.74 Å². The Kier molecular flexibility index (Phi) is 4.77. The highest BCUT2D eigenvalue weighted by atomic mass is 35.5. The third kappa shape index (κ3) is 3.64. The van der Waals surface area contributed by atoms with Crippen LogP contribution in [0.15, 0.2) is 43.0 Å². The molecule has 0 aliphatic carbocycles. The molecule has 1 N–H and O–H groups in total. The summed E-state index contributed by atoms with van der Waals surface area (Å²) in [5, 5.41) is 1.61. The lowest BCUT2D eigenvalue weighted by molar-refractivity contribution is 0.406. The molecule has 6 heteroatoms. The SMILES string of the molecule is COc1[c]ncc(Cc2c[nH]c3ncc(C)cc23)c1Cc1ccc(Cl)nc1. The minimum absolute atomic E-state index is 0.480. The van der Waals surface area contributed by atoms with Crippen LogP contribution in [0.1, 0.15) is 27.8 Å². The molecule has 4 heterocycles. The number of nitrogens with one attached hydrogen (secondary N) is 1. The van der Waals surface area contributed by atoms with Crippen LogP contribution in [0.2, 0.25) is 5.15 Å². The van der Waals surface area contributed by atoms with Crippen molar-refractivity contribution >= 4 is 22.6 Å². The van der Waals surface area contributed by atoms with E-state index in [2.05, 4.69) is 32.2 Å². The minimum atomic E-state index is 0.480. The molecule has 0 saturated carbocycles. The van der Waals surface area contributed by atoms with E-state index >= 15 is 0 Å². The normalized spacial score (nSPS) is 11.1. The van der Waals surface area contributed by atoms with Gasteiger partial charge in [-0.2, -0.15) is 0 Å². The molecule has 0 amide bonds. The molecule has 4 rings (SSSR count). The fourth-order valence-corrected chi connectivity index (χ4v) is 3.32. The average Bonchev–Trinajstić information content (AvgIpc) is 3.06. The second kappa shape index (κ2) is 7.37. The zero-order valence-corrected chi connectivity index (χ0v) is 15.8. The van der Waals surface area contributed by atoms with Gasteiger partial charge >= 0.3 is 0 Å². The highest BCUT2D eigenvalue weighted by Gasteiger charge is 2.14. The second-order valence-corrected chi connectivity index (χ2v) is 6.86. The van der Waals surface area contributed by atoms with Crippen LogP contribution in [0.3, 0.4) is 0 Å². The summed E-state index contributed by atoms with van der Waals surface area (Å²) in [7, 11) is 1.64. The van der Waals surface area contributed by atoms with Gasteiger partial charge in [-0.15, -0.1) is 0 Å². The van der Waals surface area contributed by atoms with Crippen LogP contribution < -0.4 is 4.74 Å². The first kappa shape index (κ1) is 17.5. The summed E-state index contributed by atoms with van der Waals surface area (Å²) in [4.78, 5) is 16.1. The maximum absolute atomic E-state index is 5.91. The van der Waals surface area contributed by atoms with Crippen molar-refractivity contribution in [3.63, 3.8) is 0 Å². The first-order valence-corrected chi connectivity index (χ1v) is 8.97. The van der Waals surface area contributed by atoms with Crippen molar-refractivity contribution in [3.05, 3.63) is 82.2 Å². The number of pyridine rings is 3. The summed E-state index contributed by atoms with van der Waals surface area (Å²) in [5.74, 6) is 0.650. The van der Waals surface area contributed by atoms with E-state index in [1.807, 2.05) is 31.6 Å². The number of ether oxygens (including phenoxy) is 1. The number of rotatable bonds is 5. The molecule has 0 aliphatic rings. The van der Waals surface area contributed by atoms with E-state index in [0.717, 1.165) is 39.7 Å². The topological polar surface area (TPSA) is 63.7 Å². The molecule has 5 nitrogen and oxygen atoms in total. The van der Waals surface area contributed by atoms with Crippen molar-refractivity contribution in [1.29, 1.82) is 0 Å². The van der Waals surface area contributed by atoms with Gasteiger partial charge in [-0.25, -0.2) is 9.97 Å². The maximum atomic E-state index is 5.91. The quantitative estimate of drug-likeness (QED) is 0.526. The number of hydrogen-bond acceptors (Lipinski definition) is 4. The molecule has 135 valence electrons. The fraction of sp³-hybridized carbons (Fsp3) is 0.190. The van der Waals surface area contributed by atoms with E-state index in [0.29, 0.717) is 17.3 Å². The summed E-state index contributed by atoms with van der Waals surface area (Å²) in [6, 6.07) is 5.91. The summed E-state index contributed by atoms with van der Waals surface area (Å²) in [5.41, 5.74) is 6.38. The second-order valence-electron chi connectivity index (χ2n) is 6.47. The van der Waals surface area contributed by atoms with Gasteiger partial charge in [0.1, 0.15) is 17.0 Å². The van der Waals surface area contributed by atoms with Crippen LogP contribution in [0.25, 0.3) is 11.0 Å². The van der Waals surface area contributed by atoms with Crippen molar-refractivity contribution in [2.45, 2.75) is 19.8 Å². The van der Waals surface area contributed by atoms with E-state index < -0.39 is 0 Å². The number of H-pyrrole nitrogens is 1. The van der Waals surface area contributed by atoms with Crippen molar-refractivity contribution in [2.24, 2.45) is 0 Å². The molecule has 1 radical (unpaired) electrons. The minimum Gasteiger partial charge on any atom is -0.494 e. The van der Waals surface area contributed by atoms with Crippen LogP contribution in [-0.4, -0.2) is 27.0 Å². The fourth-order valence-electron chi connectivity index (χ4n) is 3.20. The molecule has 0 aliphatic heterocycles. The van der Waals surface area contributed by atoms with Crippen LogP contribution in [0.5, 0.6) is 5.75 Å². The Bertz CT molecular complexity index is 1090. The standard InChI is InChI=1S/C21H18ClN4O/c1-13-5-18-16(11-26-21(18)25-8-13)7-15-10-23-12-19(27-2)17(15)6-14-3-4-20(22)24-9-14/h3-5,8-11H,6-7H2,1-2H3,(H,25,26). The lowest BCUT2D eigenvalue weighted by Gasteiger charge is -2.13. The number of aryl methyl sites for hydroxylation is 1. The van der Waals surface area contributed by atoms with Gasteiger partial charge in [-0.3, -0.25) is 4.98 Å². The van der Waals surface area contributed by atoms with Crippen molar-refractivity contribution in [2.75, 3.05) is 7.11 Å². The lowest BCUT2D eigenvalue weighted by Crippen LogP contribution is -2.02. The van der Waals surface area contributed by atoms with E-state index in [1.54, 1.807) is 19.4 Å². The Morgan fingerprint density at radius 1 is 1.11 bits per heavy atom. The number of fused-ring (bicyclic) bond motifs is 1. The summed E-state index contributed by atoms with van der Waals surface area (Å²) < 4.78 is 5.52. The molecule has 4 aromatic heterocycles. The third-order valence-corrected chi connectivity index (χ3v) is 4.78. The molecule has 0 bridgehead atoms. The molecule has 0 saturated heterocycles. The Labute approximate surface area is 162 Å². The van der Waals surface area contributed by atoms with E-state index in [1.165, 1.54) is 5.56 Å². The van der Waals surface area contributed by atoms with Crippen LogP contribution in [0.4, 0.5) is 0 Å². The predicted molar refractivity (Wildman–Crippen MR) is 105 cm³/mol. The van der Waals surface area contributed by atoms with Crippen LogP contribution >= 0.6 is 11.6 Å². The Balaban J connectivity index is 1.73. The van der Waals surface area contributed by atoms with E-state index in [9.17, 15) is 0 Å². The zero-order valence-electron chi connectivity index (χ0n) is 15.1. The largest absolute Gasteiger partial charge is 0.494 e. The van der Waals surface area contributed by atoms with Gasteiger partial charge < -0.3 is 9.72 Å². The lowest BCUT2D eigenvalue weighted by atomic mass is 9.96. The highest BCUT2D eigenvalue weighted by molar-refractivity contribution is 6.29. The maximum Gasteiger partial charge on any atom is 0.150 e. The smallest absolute Gasteiger partial charge is 0.150 e. The van der Waals surface area contributed by atoms with Crippen LogP contribution in [0, 0.1) is 13.1 Å². The van der Waals surface area contributed by atoms with Gasteiger partial charge in [0.2, 0.25) is 0 Å². The molecule has 27 heavy (non-hydrogen) atoms. The zero-order chi connectivity index (χ0) is 18.8. The number of halogens is 1. The van der Waals surface area contributed by atoms with Gasteiger partial charge in [0.05, 0.1) is 7.11 Å². The van der Waals surface area contributed by atoms with E-state index in [4.69, 9.17) is 16.3 Å². The molecular weight excluding hydrogens is 360 g/mol. The average molecular weight is 378 g/mol. The number of hydrogen-bond donors (Lipinski definition) is 1. The predicted octanol–water partition coefficient (Wildman–Crippen LogP) is 4.31. The Morgan fingerprint density at radius 2 is 2.00 bits per heavy atom. The van der Waals surface area contributed by atoms with Crippen molar-refractivity contribution in [3.8, 4) is 5.75 Å². The molecule has 0 unspecified atom stereocenters. The van der Waals surface area contributed by atoms with Gasteiger partial charge in [0.25, 0.3) is 0 Å². The number of aromatic amines is 1. The number of methoxy groups -OCH3 is 1. The molecular formula is C21H18ClN4O. The Hall–Kier alpha value is -2.92. The van der Waals surface area contributed by atoms with E-state index in [-0.39, 0.29) is 0 Å². The number of aromatic nitrogens is 4. The summed E-state index contributed by atoms with van der Waals surface area (Å²) in [6.45, 7) is 2.05. The number of nitrogens with zero attached hydrogens (tertiary/aromatic N) is 3.